The van der Waals surface area contributed by atoms with Gasteiger partial charge < -0.3 is 10.6 Å². The van der Waals surface area contributed by atoms with Crippen molar-refractivity contribution in [3.63, 3.8) is 0 Å². The number of carbonyl (C=O) groups is 2. The zero-order chi connectivity index (χ0) is 8.27. The van der Waals surface area contributed by atoms with Crippen molar-refractivity contribution in [1.82, 2.24) is 10.6 Å². The number of carbonyl (C=O) groups excluding carboxylic acids is 2. The maximum atomic E-state index is 11.0. The van der Waals surface area contributed by atoms with Gasteiger partial charge in [-0.05, 0) is 6.42 Å². The molecule has 0 aliphatic carbocycles. The van der Waals surface area contributed by atoms with E-state index in [1.807, 2.05) is 6.92 Å². The minimum absolute atomic E-state index is 0.0635. The van der Waals surface area contributed by atoms with Crippen LogP contribution in [0.2, 0.25) is 0 Å². The van der Waals surface area contributed by atoms with Crippen LogP contribution in [-0.2, 0) is 9.59 Å². The van der Waals surface area contributed by atoms with Crippen LogP contribution >= 0.6 is 0 Å². The fourth-order valence-corrected chi connectivity index (χ4v) is 1.09. The van der Waals surface area contributed by atoms with Crippen molar-refractivity contribution in [3.05, 3.63) is 0 Å². The lowest BCUT2D eigenvalue weighted by molar-refractivity contribution is -0.133. The molecule has 0 aromatic rings. The van der Waals surface area contributed by atoms with Crippen molar-refractivity contribution < 1.29 is 9.59 Å². The molecule has 62 valence electrons. The summed E-state index contributed by atoms with van der Waals surface area (Å²) in [7, 11) is 0. The standard InChI is InChI=1S/C7H12N2O2/c1-2-3-5-7(11)8-4-6(10)9-5/h5H,2-4H2,1H3,(H,8,11)(H,9,10)/t5-/m0/s1. The second kappa shape index (κ2) is 3.37. The van der Waals surface area contributed by atoms with Crippen LogP contribution in [0, 0.1) is 0 Å². The van der Waals surface area contributed by atoms with Crippen LogP contribution < -0.4 is 10.6 Å². The summed E-state index contributed by atoms with van der Waals surface area (Å²) in [4.78, 5) is 21.8. The molecule has 4 heteroatoms. The van der Waals surface area contributed by atoms with E-state index in [1.54, 1.807) is 0 Å². The zero-order valence-corrected chi connectivity index (χ0v) is 6.52. The number of amides is 2. The van der Waals surface area contributed by atoms with Crippen LogP contribution in [0.15, 0.2) is 0 Å². The van der Waals surface area contributed by atoms with Crippen LogP contribution in [0.25, 0.3) is 0 Å². The first kappa shape index (κ1) is 8.04. The molecule has 1 atom stereocenters. The Labute approximate surface area is 65.3 Å². The van der Waals surface area contributed by atoms with Gasteiger partial charge in [-0.2, -0.15) is 0 Å². The van der Waals surface area contributed by atoms with Gasteiger partial charge in [0.15, 0.2) is 0 Å². The molecule has 1 aliphatic heterocycles. The largest absolute Gasteiger partial charge is 0.345 e. The highest BCUT2D eigenvalue weighted by Gasteiger charge is 2.24. The van der Waals surface area contributed by atoms with Gasteiger partial charge in [0.25, 0.3) is 0 Å². The van der Waals surface area contributed by atoms with Crippen LogP contribution in [0.5, 0.6) is 0 Å². The minimum atomic E-state index is -0.304. The van der Waals surface area contributed by atoms with Crippen molar-refractivity contribution in [2.75, 3.05) is 6.54 Å². The van der Waals surface area contributed by atoms with Gasteiger partial charge in [-0.15, -0.1) is 0 Å². The highest BCUT2D eigenvalue weighted by molar-refractivity contribution is 5.94. The van der Waals surface area contributed by atoms with Gasteiger partial charge in [-0.1, -0.05) is 13.3 Å². The first-order valence-corrected chi connectivity index (χ1v) is 3.81. The van der Waals surface area contributed by atoms with E-state index in [2.05, 4.69) is 10.6 Å². The SMILES string of the molecule is CCC[C@@H]1NC(=O)CNC1=O. The Balaban J connectivity index is 2.47. The molecule has 2 N–H and O–H groups in total. The number of rotatable bonds is 2. The monoisotopic (exact) mass is 156 g/mol. The molecular formula is C7H12N2O2. The minimum Gasteiger partial charge on any atom is -0.345 e. The molecule has 2 amide bonds. The van der Waals surface area contributed by atoms with E-state index >= 15 is 0 Å². The average molecular weight is 156 g/mol. The molecule has 0 aromatic carbocycles. The molecule has 1 fully saturated rings. The van der Waals surface area contributed by atoms with Crippen LogP contribution in [0.1, 0.15) is 19.8 Å². The summed E-state index contributed by atoms with van der Waals surface area (Å²) in [5.74, 6) is -0.158. The van der Waals surface area contributed by atoms with Crippen LogP contribution in [0.4, 0.5) is 0 Å². The molecule has 1 heterocycles. The van der Waals surface area contributed by atoms with E-state index in [1.165, 1.54) is 0 Å². The lowest BCUT2D eigenvalue weighted by atomic mass is 10.1. The third kappa shape index (κ3) is 1.93. The normalized spacial score (nSPS) is 24.3. The molecule has 1 saturated heterocycles. The van der Waals surface area contributed by atoms with Gasteiger partial charge in [0.05, 0.1) is 6.54 Å². The maximum Gasteiger partial charge on any atom is 0.243 e. The Kier molecular flexibility index (Phi) is 2.46. The second-order valence-electron chi connectivity index (χ2n) is 2.63. The first-order chi connectivity index (χ1) is 5.24. The molecule has 1 aliphatic rings. The molecule has 0 unspecified atom stereocenters. The summed E-state index contributed by atoms with van der Waals surface area (Å²) in [5.41, 5.74) is 0. The quantitative estimate of drug-likeness (QED) is 0.561. The summed E-state index contributed by atoms with van der Waals surface area (Å²) in [6, 6.07) is -0.304. The van der Waals surface area contributed by atoms with E-state index in [9.17, 15) is 9.59 Å². The van der Waals surface area contributed by atoms with Crippen LogP contribution in [0.3, 0.4) is 0 Å². The van der Waals surface area contributed by atoms with Crippen molar-refractivity contribution in [2.24, 2.45) is 0 Å². The highest BCUT2D eigenvalue weighted by Crippen LogP contribution is 1.99. The molecule has 0 spiro atoms. The van der Waals surface area contributed by atoms with E-state index in [-0.39, 0.29) is 24.4 Å². The Morgan fingerprint density at radius 3 is 2.91 bits per heavy atom. The van der Waals surface area contributed by atoms with E-state index < -0.39 is 0 Å². The average Bonchev–Trinajstić information content (AvgIpc) is 1.98. The molecule has 0 bridgehead atoms. The Bertz CT molecular complexity index is 179. The lowest BCUT2D eigenvalue weighted by Gasteiger charge is -2.22. The third-order valence-electron chi connectivity index (χ3n) is 1.65. The lowest BCUT2D eigenvalue weighted by Crippen LogP contribution is -2.55. The summed E-state index contributed by atoms with van der Waals surface area (Å²) in [6.07, 6.45) is 1.62. The van der Waals surface area contributed by atoms with Gasteiger partial charge in [-0.3, -0.25) is 9.59 Å². The van der Waals surface area contributed by atoms with E-state index in [0.29, 0.717) is 0 Å². The fourth-order valence-electron chi connectivity index (χ4n) is 1.09. The topological polar surface area (TPSA) is 58.2 Å². The molecule has 1 rings (SSSR count). The Hall–Kier alpha value is -1.06. The molecule has 0 saturated carbocycles. The molecule has 0 aromatic heterocycles. The van der Waals surface area contributed by atoms with Gasteiger partial charge in [0.2, 0.25) is 11.8 Å². The molecule has 0 radical (unpaired) electrons. The van der Waals surface area contributed by atoms with Crippen molar-refractivity contribution in [2.45, 2.75) is 25.8 Å². The second-order valence-corrected chi connectivity index (χ2v) is 2.63. The first-order valence-electron chi connectivity index (χ1n) is 3.81. The van der Waals surface area contributed by atoms with Gasteiger partial charge in [-0.25, -0.2) is 0 Å². The van der Waals surface area contributed by atoms with Crippen molar-refractivity contribution in [3.8, 4) is 0 Å². The number of hydrogen-bond donors (Lipinski definition) is 2. The van der Waals surface area contributed by atoms with Crippen molar-refractivity contribution >= 4 is 11.8 Å². The third-order valence-corrected chi connectivity index (χ3v) is 1.65. The van der Waals surface area contributed by atoms with E-state index in [0.717, 1.165) is 12.8 Å². The predicted octanol–water partition coefficient (Wildman–Crippen LogP) is -0.599. The zero-order valence-electron chi connectivity index (χ0n) is 6.52. The molecule has 4 nitrogen and oxygen atoms in total. The smallest absolute Gasteiger partial charge is 0.243 e. The molecular weight excluding hydrogens is 144 g/mol. The summed E-state index contributed by atoms with van der Waals surface area (Å²) in [6.45, 7) is 2.10. The summed E-state index contributed by atoms with van der Waals surface area (Å²) >= 11 is 0. The number of nitrogens with one attached hydrogen (secondary N) is 2. The van der Waals surface area contributed by atoms with Crippen LogP contribution in [-0.4, -0.2) is 24.4 Å². The Morgan fingerprint density at radius 2 is 2.27 bits per heavy atom. The highest BCUT2D eigenvalue weighted by atomic mass is 16.2. The van der Waals surface area contributed by atoms with Crippen molar-refractivity contribution in [1.29, 1.82) is 0 Å². The maximum absolute atomic E-state index is 11.0. The number of piperazine rings is 1. The fraction of sp³-hybridized carbons (Fsp3) is 0.714. The van der Waals surface area contributed by atoms with Gasteiger partial charge in [0, 0.05) is 0 Å². The summed E-state index contributed by atoms with van der Waals surface area (Å²) < 4.78 is 0. The predicted molar refractivity (Wildman–Crippen MR) is 39.8 cm³/mol. The Morgan fingerprint density at radius 1 is 1.55 bits per heavy atom. The number of hydrogen-bond acceptors (Lipinski definition) is 2. The van der Waals surface area contributed by atoms with Gasteiger partial charge >= 0.3 is 0 Å². The summed E-state index contributed by atoms with van der Waals surface area (Å²) in [5, 5.41) is 5.13. The van der Waals surface area contributed by atoms with E-state index in [4.69, 9.17) is 0 Å². The molecule has 11 heavy (non-hydrogen) atoms. The van der Waals surface area contributed by atoms with Gasteiger partial charge in [0.1, 0.15) is 6.04 Å².